The van der Waals surface area contributed by atoms with Crippen LogP contribution >= 0.6 is 0 Å². The van der Waals surface area contributed by atoms with Crippen molar-refractivity contribution < 1.29 is 13.2 Å². The summed E-state index contributed by atoms with van der Waals surface area (Å²) in [5.41, 5.74) is 0.872. The third kappa shape index (κ3) is 3.71. The first-order chi connectivity index (χ1) is 9.45. The highest BCUT2D eigenvalue weighted by Gasteiger charge is 2.29. The number of ether oxygens (including phenoxy) is 1. The summed E-state index contributed by atoms with van der Waals surface area (Å²) in [6, 6.07) is 6.73. The second kappa shape index (κ2) is 6.11. The minimum absolute atomic E-state index is 0.0176. The zero-order valence-electron chi connectivity index (χ0n) is 12.0. The Morgan fingerprint density at radius 3 is 2.35 bits per heavy atom. The van der Waals surface area contributed by atoms with Gasteiger partial charge in [-0.3, -0.25) is 0 Å². The van der Waals surface area contributed by atoms with Crippen molar-refractivity contribution in [3.63, 3.8) is 0 Å². The van der Waals surface area contributed by atoms with E-state index >= 15 is 0 Å². The van der Waals surface area contributed by atoms with Gasteiger partial charge in [-0.25, -0.2) is 13.1 Å². The van der Waals surface area contributed by atoms with E-state index < -0.39 is 10.0 Å². The maximum atomic E-state index is 12.3. The van der Waals surface area contributed by atoms with Gasteiger partial charge in [-0.2, -0.15) is 0 Å². The normalized spacial score (nSPS) is 18.7. The summed E-state index contributed by atoms with van der Waals surface area (Å²) in [5.74, 6) is 0. The molecule has 5 nitrogen and oxygen atoms in total. The van der Waals surface area contributed by atoms with Gasteiger partial charge in [0.25, 0.3) is 0 Å². The van der Waals surface area contributed by atoms with Gasteiger partial charge in [0.05, 0.1) is 4.90 Å². The molecular weight excluding hydrogens is 276 g/mol. The lowest BCUT2D eigenvalue weighted by atomic mass is 9.83. The summed E-state index contributed by atoms with van der Waals surface area (Å²) >= 11 is 0. The molecule has 20 heavy (non-hydrogen) atoms. The van der Waals surface area contributed by atoms with E-state index in [2.05, 4.69) is 17.0 Å². The van der Waals surface area contributed by atoms with Crippen LogP contribution in [0.1, 0.15) is 19.8 Å². The average Bonchev–Trinajstić information content (AvgIpc) is 2.46. The van der Waals surface area contributed by atoms with E-state index in [0.29, 0.717) is 24.7 Å². The van der Waals surface area contributed by atoms with Crippen LogP contribution in [0.2, 0.25) is 0 Å². The molecule has 0 radical (unpaired) electrons. The minimum Gasteiger partial charge on any atom is -0.388 e. The van der Waals surface area contributed by atoms with Gasteiger partial charge in [-0.1, -0.05) is 6.92 Å². The van der Waals surface area contributed by atoms with Crippen LogP contribution in [0.25, 0.3) is 0 Å². The molecule has 1 aliphatic rings. The SMILES string of the molecule is CNc1ccc(S(=O)(=O)NCC2(C)CCOCC2)cc1. The van der Waals surface area contributed by atoms with Crippen molar-refractivity contribution in [1.82, 2.24) is 4.72 Å². The second-order valence-corrected chi connectivity index (χ2v) is 7.29. The fourth-order valence-corrected chi connectivity index (χ4v) is 3.39. The quantitative estimate of drug-likeness (QED) is 0.870. The van der Waals surface area contributed by atoms with Crippen LogP contribution in [0.15, 0.2) is 29.2 Å². The number of nitrogens with one attached hydrogen (secondary N) is 2. The molecular formula is C14H22N2O3S. The molecule has 0 bridgehead atoms. The summed E-state index contributed by atoms with van der Waals surface area (Å²) in [5, 5.41) is 2.97. The Bertz CT molecular complexity index is 534. The maximum absolute atomic E-state index is 12.3. The number of hydrogen-bond donors (Lipinski definition) is 2. The summed E-state index contributed by atoms with van der Waals surface area (Å²) in [6.07, 6.45) is 1.77. The molecule has 1 aromatic carbocycles. The van der Waals surface area contributed by atoms with Crippen LogP contribution in [0.3, 0.4) is 0 Å². The van der Waals surface area contributed by atoms with Crippen molar-refractivity contribution in [2.24, 2.45) is 5.41 Å². The molecule has 112 valence electrons. The number of anilines is 1. The number of benzene rings is 1. The van der Waals surface area contributed by atoms with Crippen LogP contribution in [0.4, 0.5) is 5.69 Å². The lowest BCUT2D eigenvalue weighted by molar-refractivity contribution is 0.0265. The Kier molecular flexibility index (Phi) is 4.67. The van der Waals surface area contributed by atoms with Crippen molar-refractivity contribution in [3.8, 4) is 0 Å². The molecule has 1 aliphatic heterocycles. The number of rotatable bonds is 5. The van der Waals surface area contributed by atoms with Crippen molar-refractivity contribution in [1.29, 1.82) is 0 Å². The van der Waals surface area contributed by atoms with Gasteiger partial charge in [0.2, 0.25) is 10.0 Å². The van der Waals surface area contributed by atoms with Gasteiger partial charge in [0.15, 0.2) is 0 Å². The third-order valence-corrected chi connectivity index (χ3v) is 5.26. The Balaban J connectivity index is 2.02. The molecule has 1 fully saturated rings. The predicted octanol–water partition coefficient (Wildman–Crippen LogP) is 1.82. The van der Waals surface area contributed by atoms with Gasteiger partial charge in [0, 0.05) is 32.5 Å². The Labute approximate surface area is 120 Å². The molecule has 1 saturated heterocycles. The Morgan fingerprint density at radius 2 is 1.80 bits per heavy atom. The smallest absolute Gasteiger partial charge is 0.240 e. The predicted molar refractivity (Wildman–Crippen MR) is 79.3 cm³/mol. The largest absolute Gasteiger partial charge is 0.388 e. The average molecular weight is 298 g/mol. The van der Waals surface area contributed by atoms with Crippen LogP contribution < -0.4 is 10.0 Å². The molecule has 0 saturated carbocycles. The Hall–Kier alpha value is -1.11. The van der Waals surface area contributed by atoms with E-state index in [1.165, 1.54) is 0 Å². The highest BCUT2D eigenvalue weighted by atomic mass is 32.2. The van der Waals surface area contributed by atoms with E-state index in [1.54, 1.807) is 31.3 Å². The van der Waals surface area contributed by atoms with Crippen LogP contribution in [0.5, 0.6) is 0 Å². The molecule has 6 heteroatoms. The summed E-state index contributed by atoms with van der Waals surface area (Å²) in [7, 11) is -1.64. The van der Waals surface area contributed by atoms with Crippen LogP contribution in [-0.2, 0) is 14.8 Å². The number of hydrogen-bond acceptors (Lipinski definition) is 4. The highest BCUT2D eigenvalue weighted by Crippen LogP contribution is 2.29. The Morgan fingerprint density at radius 1 is 1.20 bits per heavy atom. The molecule has 1 aromatic rings. The van der Waals surface area contributed by atoms with Crippen molar-refractivity contribution in [2.75, 3.05) is 32.1 Å². The first-order valence-electron chi connectivity index (χ1n) is 6.80. The molecule has 0 aliphatic carbocycles. The molecule has 0 spiro atoms. The molecule has 0 amide bonds. The van der Waals surface area contributed by atoms with Crippen molar-refractivity contribution in [3.05, 3.63) is 24.3 Å². The standard InChI is InChI=1S/C14H22N2O3S/c1-14(7-9-19-10-8-14)11-16-20(17,18)13-5-3-12(15-2)4-6-13/h3-6,15-16H,7-11H2,1-2H3. The van der Waals surface area contributed by atoms with Gasteiger partial charge in [-0.05, 0) is 42.5 Å². The van der Waals surface area contributed by atoms with Crippen LogP contribution in [0, 0.1) is 5.41 Å². The molecule has 0 aromatic heterocycles. The van der Waals surface area contributed by atoms with Crippen LogP contribution in [-0.4, -0.2) is 35.2 Å². The van der Waals surface area contributed by atoms with Gasteiger partial charge < -0.3 is 10.1 Å². The van der Waals surface area contributed by atoms with E-state index in [1.807, 2.05) is 0 Å². The zero-order chi connectivity index (χ0) is 14.6. The molecule has 2 N–H and O–H groups in total. The summed E-state index contributed by atoms with van der Waals surface area (Å²) in [4.78, 5) is 0.298. The van der Waals surface area contributed by atoms with E-state index in [-0.39, 0.29) is 5.41 Å². The van der Waals surface area contributed by atoms with Crippen molar-refractivity contribution >= 4 is 15.7 Å². The topological polar surface area (TPSA) is 67.4 Å². The second-order valence-electron chi connectivity index (χ2n) is 5.52. The van der Waals surface area contributed by atoms with E-state index in [4.69, 9.17) is 4.74 Å². The zero-order valence-corrected chi connectivity index (χ0v) is 12.8. The fraction of sp³-hybridized carbons (Fsp3) is 0.571. The third-order valence-electron chi connectivity index (χ3n) is 3.84. The monoisotopic (exact) mass is 298 g/mol. The lowest BCUT2D eigenvalue weighted by Crippen LogP contribution is -2.39. The summed E-state index contributed by atoms with van der Waals surface area (Å²) < 4.78 is 32.5. The van der Waals surface area contributed by atoms with Crippen molar-refractivity contribution in [2.45, 2.75) is 24.7 Å². The fourth-order valence-electron chi connectivity index (χ4n) is 2.19. The molecule has 1 heterocycles. The summed E-state index contributed by atoms with van der Waals surface area (Å²) in [6.45, 7) is 3.96. The molecule has 0 atom stereocenters. The van der Waals surface area contributed by atoms with Gasteiger partial charge in [-0.15, -0.1) is 0 Å². The van der Waals surface area contributed by atoms with Gasteiger partial charge >= 0.3 is 0 Å². The highest BCUT2D eigenvalue weighted by molar-refractivity contribution is 7.89. The first kappa shape index (κ1) is 15.3. The number of sulfonamides is 1. The molecule has 0 unspecified atom stereocenters. The van der Waals surface area contributed by atoms with Gasteiger partial charge in [0.1, 0.15) is 0 Å². The first-order valence-corrected chi connectivity index (χ1v) is 8.29. The van der Waals surface area contributed by atoms with E-state index in [9.17, 15) is 8.42 Å². The van der Waals surface area contributed by atoms with E-state index in [0.717, 1.165) is 18.5 Å². The minimum atomic E-state index is -3.44. The molecule has 2 rings (SSSR count). The maximum Gasteiger partial charge on any atom is 0.240 e. The lowest BCUT2D eigenvalue weighted by Gasteiger charge is -2.33.